The van der Waals surface area contributed by atoms with Gasteiger partial charge in [0, 0.05) is 36.2 Å². The summed E-state index contributed by atoms with van der Waals surface area (Å²) in [5, 5.41) is 0. The molecular formula is C23H26N2O2. The molecule has 0 saturated carbocycles. The Labute approximate surface area is 160 Å². The van der Waals surface area contributed by atoms with Crippen molar-refractivity contribution in [3.05, 3.63) is 71.3 Å². The normalized spacial score (nSPS) is 17.5. The van der Waals surface area contributed by atoms with Crippen molar-refractivity contribution in [2.45, 2.75) is 31.7 Å². The van der Waals surface area contributed by atoms with Crippen molar-refractivity contribution in [2.24, 2.45) is 5.73 Å². The maximum absolute atomic E-state index is 12.9. The van der Waals surface area contributed by atoms with Crippen LogP contribution in [-0.4, -0.2) is 30.5 Å². The highest BCUT2D eigenvalue weighted by Crippen LogP contribution is 2.46. The Kier molecular flexibility index (Phi) is 4.52. The van der Waals surface area contributed by atoms with Crippen LogP contribution in [0.15, 0.2) is 49.0 Å². The van der Waals surface area contributed by atoms with E-state index in [0.717, 1.165) is 48.4 Å². The number of hydrogen-bond donors (Lipinski definition) is 1. The molecule has 1 amide bonds. The molecule has 2 aliphatic heterocycles. The van der Waals surface area contributed by atoms with Crippen LogP contribution >= 0.6 is 0 Å². The average Bonchev–Trinajstić information content (AvgIpc) is 3.05. The Morgan fingerprint density at radius 2 is 2.00 bits per heavy atom. The summed E-state index contributed by atoms with van der Waals surface area (Å²) in [5.74, 6) is 1.00. The summed E-state index contributed by atoms with van der Waals surface area (Å²) < 4.78 is 5.96. The fourth-order valence-electron chi connectivity index (χ4n) is 4.24. The Morgan fingerprint density at radius 3 is 2.70 bits per heavy atom. The first-order valence-corrected chi connectivity index (χ1v) is 9.54. The maximum atomic E-state index is 12.9. The van der Waals surface area contributed by atoms with E-state index in [9.17, 15) is 4.79 Å². The number of carbonyl (C=O) groups is 1. The molecule has 4 heteroatoms. The predicted octanol–water partition coefficient (Wildman–Crippen LogP) is 3.42. The summed E-state index contributed by atoms with van der Waals surface area (Å²) in [6.07, 6.45) is 1.81. The van der Waals surface area contributed by atoms with Crippen LogP contribution in [0, 0.1) is 6.92 Å². The lowest BCUT2D eigenvalue weighted by atomic mass is 9.74. The number of likely N-dealkylation sites (tertiary alicyclic amines) is 1. The van der Waals surface area contributed by atoms with Crippen molar-refractivity contribution in [3.8, 4) is 5.75 Å². The summed E-state index contributed by atoms with van der Waals surface area (Å²) in [6, 6.07) is 14.2. The molecule has 0 unspecified atom stereocenters. The van der Waals surface area contributed by atoms with Gasteiger partial charge in [0.05, 0.1) is 6.61 Å². The summed E-state index contributed by atoms with van der Waals surface area (Å²) in [6.45, 7) is 8.75. The van der Waals surface area contributed by atoms with E-state index in [1.54, 1.807) is 0 Å². The molecule has 2 aliphatic rings. The smallest absolute Gasteiger partial charge is 0.253 e. The minimum absolute atomic E-state index is 0.00195. The number of fused-ring (bicyclic) bond motifs is 2. The zero-order valence-electron chi connectivity index (χ0n) is 15.8. The van der Waals surface area contributed by atoms with Gasteiger partial charge in [0.25, 0.3) is 5.91 Å². The van der Waals surface area contributed by atoms with Gasteiger partial charge in [-0.05, 0) is 37.0 Å². The first kappa shape index (κ1) is 17.8. The van der Waals surface area contributed by atoms with Crippen LogP contribution in [0.25, 0.3) is 5.57 Å². The Hall–Kier alpha value is -2.59. The van der Waals surface area contributed by atoms with E-state index in [2.05, 4.69) is 12.6 Å². The van der Waals surface area contributed by atoms with E-state index in [1.807, 2.05) is 48.2 Å². The molecule has 1 fully saturated rings. The van der Waals surface area contributed by atoms with Crippen molar-refractivity contribution in [1.29, 1.82) is 0 Å². The predicted molar refractivity (Wildman–Crippen MR) is 108 cm³/mol. The zero-order valence-corrected chi connectivity index (χ0v) is 15.8. The average molecular weight is 362 g/mol. The fraction of sp³-hybridized carbons (Fsp3) is 0.348. The zero-order chi connectivity index (χ0) is 19.0. The van der Waals surface area contributed by atoms with E-state index >= 15 is 0 Å². The number of piperidine rings is 1. The molecule has 27 heavy (non-hydrogen) atoms. The van der Waals surface area contributed by atoms with Crippen molar-refractivity contribution >= 4 is 11.5 Å². The van der Waals surface area contributed by atoms with E-state index in [0.29, 0.717) is 18.7 Å². The topological polar surface area (TPSA) is 55.6 Å². The van der Waals surface area contributed by atoms with Crippen LogP contribution in [0.4, 0.5) is 0 Å². The van der Waals surface area contributed by atoms with Crippen LogP contribution in [0.5, 0.6) is 5.75 Å². The number of nitrogens with two attached hydrogens (primary N) is 1. The second-order valence-electron chi connectivity index (χ2n) is 7.74. The van der Waals surface area contributed by atoms with Gasteiger partial charge in [0.1, 0.15) is 5.75 Å². The Balaban J connectivity index is 1.49. The van der Waals surface area contributed by atoms with Crippen molar-refractivity contribution in [2.75, 3.05) is 19.7 Å². The minimum atomic E-state index is 0.00195. The van der Waals surface area contributed by atoms with Crippen molar-refractivity contribution in [3.63, 3.8) is 0 Å². The molecule has 4 nitrogen and oxygen atoms in total. The third kappa shape index (κ3) is 3.15. The van der Waals surface area contributed by atoms with E-state index in [4.69, 9.17) is 10.5 Å². The minimum Gasteiger partial charge on any atom is -0.492 e. The number of ether oxygens (including phenoxy) is 1. The van der Waals surface area contributed by atoms with Gasteiger partial charge in [-0.15, -0.1) is 0 Å². The van der Waals surface area contributed by atoms with E-state index in [1.165, 1.54) is 5.56 Å². The van der Waals surface area contributed by atoms with Gasteiger partial charge in [-0.1, -0.05) is 48.5 Å². The molecule has 0 atom stereocenters. The monoisotopic (exact) mass is 362 g/mol. The van der Waals surface area contributed by atoms with Gasteiger partial charge in [-0.3, -0.25) is 4.79 Å². The van der Waals surface area contributed by atoms with Crippen molar-refractivity contribution in [1.82, 2.24) is 4.90 Å². The molecule has 0 aliphatic carbocycles. The molecule has 0 radical (unpaired) electrons. The van der Waals surface area contributed by atoms with Crippen LogP contribution in [0.2, 0.25) is 0 Å². The van der Waals surface area contributed by atoms with Gasteiger partial charge in [0.15, 0.2) is 0 Å². The number of carbonyl (C=O) groups excluding carboxylic acids is 1. The standard InChI is InChI=1S/C23H26N2O2/c1-16-4-3-5-19(12-16)17(2)22(26)25-10-8-23(9-11-25)15-27-21-7-6-18(14-24)13-20(21)23/h3-7,12-13H,2,8-11,14-15,24H2,1H3. The largest absolute Gasteiger partial charge is 0.492 e. The van der Waals surface area contributed by atoms with Gasteiger partial charge in [0.2, 0.25) is 0 Å². The molecular weight excluding hydrogens is 336 g/mol. The quantitative estimate of drug-likeness (QED) is 0.851. The maximum Gasteiger partial charge on any atom is 0.253 e. The van der Waals surface area contributed by atoms with Gasteiger partial charge in [-0.25, -0.2) is 0 Å². The third-order valence-corrected chi connectivity index (χ3v) is 5.99. The lowest BCUT2D eigenvalue weighted by molar-refractivity contribution is -0.126. The molecule has 4 rings (SSSR count). The van der Waals surface area contributed by atoms with Crippen molar-refractivity contribution < 1.29 is 9.53 Å². The summed E-state index contributed by atoms with van der Waals surface area (Å²) in [5.41, 5.74) is 10.8. The Bertz CT molecular complexity index is 895. The van der Waals surface area contributed by atoms with Crippen LogP contribution in [0.3, 0.4) is 0 Å². The molecule has 0 bridgehead atoms. The Morgan fingerprint density at radius 1 is 1.22 bits per heavy atom. The summed E-state index contributed by atoms with van der Waals surface area (Å²) in [4.78, 5) is 14.9. The summed E-state index contributed by atoms with van der Waals surface area (Å²) in [7, 11) is 0. The number of hydrogen-bond acceptors (Lipinski definition) is 3. The molecule has 2 heterocycles. The molecule has 1 saturated heterocycles. The second-order valence-corrected chi connectivity index (χ2v) is 7.74. The van der Waals surface area contributed by atoms with E-state index in [-0.39, 0.29) is 11.3 Å². The van der Waals surface area contributed by atoms with Crippen LogP contribution < -0.4 is 10.5 Å². The number of rotatable bonds is 3. The second kappa shape index (κ2) is 6.86. The summed E-state index contributed by atoms with van der Waals surface area (Å²) >= 11 is 0. The lowest BCUT2D eigenvalue weighted by Gasteiger charge is -2.39. The first-order chi connectivity index (χ1) is 13.0. The highest BCUT2D eigenvalue weighted by atomic mass is 16.5. The van der Waals surface area contributed by atoms with Gasteiger partial charge < -0.3 is 15.4 Å². The molecule has 1 spiro atoms. The molecule has 140 valence electrons. The SMILES string of the molecule is C=C(C(=O)N1CCC2(CC1)COc1ccc(CN)cc12)c1cccc(C)c1. The van der Waals surface area contributed by atoms with Crippen LogP contribution in [0.1, 0.15) is 35.1 Å². The van der Waals surface area contributed by atoms with E-state index < -0.39 is 0 Å². The highest BCUT2D eigenvalue weighted by Gasteiger charge is 2.44. The van der Waals surface area contributed by atoms with Gasteiger partial charge >= 0.3 is 0 Å². The number of nitrogens with zero attached hydrogens (tertiary/aromatic N) is 1. The van der Waals surface area contributed by atoms with Crippen LogP contribution in [-0.2, 0) is 16.8 Å². The number of benzene rings is 2. The fourth-order valence-corrected chi connectivity index (χ4v) is 4.24. The number of aryl methyl sites for hydroxylation is 1. The molecule has 2 aromatic rings. The molecule has 0 aromatic heterocycles. The molecule has 2 aromatic carbocycles. The van der Waals surface area contributed by atoms with Gasteiger partial charge in [-0.2, -0.15) is 0 Å². The highest BCUT2D eigenvalue weighted by molar-refractivity contribution is 6.18. The first-order valence-electron chi connectivity index (χ1n) is 9.54. The third-order valence-electron chi connectivity index (χ3n) is 5.99. The number of amides is 1. The lowest BCUT2D eigenvalue weighted by Crippen LogP contribution is -2.46. The molecule has 2 N–H and O–H groups in total.